The number of primary amides is 1. The molecule has 2 amide bonds. The minimum absolute atomic E-state index is 0.146. The molecule has 0 saturated heterocycles. The number of thiazole rings is 1. The van der Waals surface area contributed by atoms with Crippen molar-refractivity contribution < 1.29 is 9.59 Å². The maximum atomic E-state index is 12.7. The number of rotatable bonds is 6. The molecule has 0 fully saturated rings. The van der Waals surface area contributed by atoms with Gasteiger partial charge in [-0.25, -0.2) is 4.98 Å². The molecule has 3 aromatic rings. The molecule has 2 aromatic carbocycles. The van der Waals surface area contributed by atoms with E-state index >= 15 is 0 Å². The normalized spacial score (nSPS) is 10.5. The lowest BCUT2D eigenvalue weighted by Gasteiger charge is -2.07. The van der Waals surface area contributed by atoms with Crippen LogP contribution in [0.5, 0.6) is 0 Å². The van der Waals surface area contributed by atoms with E-state index in [9.17, 15) is 9.59 Å². The molecule has 3 N–H and O–H groups in total. The highest BCUT2D eigenvalue weighted by molar-refractivity contribution is 8.01. The number of amides is 2. The number of anilines is 1. The van der Waals surface area contributed by atoms with Crippen LogP contribution in [0.25, 0.3) is 11.3 Å². The molecule has 0 spiro atoms. The zero-order valence-electron chi connectivity index (χ0n) is 14.1. The lowest BCUT2D eigenvalue weighted by atomic mass is 10.1. The van der Waals surface area contributed by atoms with Gasteiger partial charge in [-0.3, -0.25) is 9.59 Å². The van der Waals surface area contributed by atoms with E-state index in [4.69, 9.17) is 5.73 Å². The number of aryl methyl sites for hydroxylation is 1. The van der Waals surface area contributed by atoms with Crippen LogP contribution in [0.4, 0.5) is 5.00 Å². The predicted molar refractivity (Wildman–Crippen MR) is 107 cm³/mol. The van der Waals surface area contributed by atoms with Gasteiger partial charge in [-0.15, -0.1) is 0 Å². The summed E-state index contributed by atoms with van der Waals surface area (Å²) in [5.41, 5.74) is 8.32. The summed E-state index contributed by atoms with van der Waals surface area (Å²) < 4.78 is 0.683. The van der Waals surface area contributed by atoms with Crippen molar-refractivity contribution in [3.63, 3.8) is 0 Å². The Morgan fingerprint density at radius 1 is 1.12 bits per heavy atom. The molecule has 3 rings (SSSR count). The van der Waals surface area contributed by atoms with Gasteiger partial charge in [-0.2, -0.15) is 0 Å². The summed E-state index contributed by atoms with van der Waals surface area (Å²) in [6.45, 7) is 1.90. The molecule has 1 heterocycles. The molecule has 0 atom stereocenters. The van der Waals surface area contributed by atoms with Crippen LogP contribution in [0.15, 0.2) is 58.9 Å². The monoisotopic (exact) mass is 383 g/mol. The zero-order valence-corrected chi connectivity index (χ0v) is 15.7. The summed E-state index contributed by atoms with van der Waals surface area (Å²) in [5.74, 6) is -0.445. The number of hydrogen-bond donors (Lipinski definition) is 2. The molecule has 132 valence electrons. The fourth-order valence-corrected chi connectivity index (χ4v) is 4.17. The Hall–Kier alpha value is -2.64. The number of benzene rings is 2. The van der Waals surface area contributed by atoms with Crippen LogP contribution in [-0.4, -0.2) is 22.6 Å². The Morgan fingerprint density at radius 2 is 1.81 bits per heavy atom. The first kappa shape index (κ1) is 18.2. The second-order valence-electron chi connectivity index (χ2n) is 5.55. The first-order chi connectivity index (χ1) is 12.5. The third kappa shape index (κ3) is 4.30. The topological polar surface area (TPSA) is 85.1 Å². The molecule has 0 radical (unpaired) electrons. The Bertz CT molecular complexity index is 939. The van der Waals surface area contributed by atoms with Crippen LogP contribution in [0.2, 0.25) is 0 Å². The predicted octanol–water partition coefficient (Wildman–Crippen LogP) is 3.95. The number of thioether (sulfide) groups is 1. The van der Waals surface area contributed by atoms with Gasteiger partial charge >= 0.3 is 0 Å². The number of nitrogens with two attached hydrogens (primary N) is 1. The Morgan fingerprint density at radius 3 is 2.50 bits per heavy atom. The van der Waals surface area contributed by atoms with Crippen molar-refractivity contribution in [2.75, 3.05) is 11.1 Å². The molecule has 0 unspecified atom stereocenters. The average Bonchev–Trinajstić information content (AvgIpc) is 3.04. The highest BCUT2D eigenvalue weighted by Crippen LogP contribution is 2.37. The van der Waals surface area contributed by atoms with E-state index in [0.717, 1.165) is 11.1 Å². The molecule has 0 aliphatic carbocycles. The molecule has 0 bridgehead atoms. The van der Waals surface area contributed by atoms with Gasteiger partial charge in [-0.05, 0) is 18.6 Å². The maximum absolute atomic E-state index is 12.7. The summed E-state index contributed by atoms with van der Waals surface area (Å²) in [6.07, 6.45) is 0. The van der Waals surface area contributed by atoms with Crippen molar-refractivity contribution in [1.29, 1.82) is 0 Å². The molecule has 26 heavy (non-hydrogen) atoms. The fraction of sp³-hybridized carbons (Fsp3) is 0.105. The van der Waals surface area contributed by atoms with E-state index in [1.54, 1.807) is 6.07 Å². The molecule has 0 aliphatic rings. The Labute approximate surface area is 159 Å². The van der Waals surface area contributed by atoms with Crippen LogP contribution >= 0.6 is 23.1 Å². The van der Waals surface area contributed by atoms with Gasteiger partial charge < -0.3 is 11.1 Å². The smallest absolute Gasteiger partial charge is 0.256 e. The minimum atomic E-state index is -0.406. The Balaban J connectivity index is 1.92. The van der Waals surface area contributed by atoms with Crippen molar-refractivity contribution in [2.45, 2.75) is 11.3 Å². The average molecular weight is 383 g/mol. The van der Waals surface area contributed by atoms with Gasteiger partial charge in [0, 0.05) is 11.1 Å². The van der Waals surface area contributed by atoms with Gasteiger partial charge in [0.25, 0.3) is 5.91 Å². The summed E-state index contributed by atoms with van der Waals surface area (Å²) in [7, 11) is 0. The van der Waals surface area contributed by atoms with Crippen LogP contribution in [-0.2, 0) is 4.79 Å². The molecule has 5 nitrogen and oxygen atoms in total. The first-order valence-electron chi connectivity index (χ1n) is 7.89. The second kappa shape index (κ2) is 8.16. The molecule has 0 aliphatic heterocycles. The van der Waals surface area contributed by atoms with Crippen LogP contribution in [0.3, 0.4) is 0 Å². The van der Waals surface area contributed by atoms with E-state index in [-0.39, 0.29) is 11.7 Å². The van der Waals surface area contributed by atoms with Crippen LogP contribution < -0.4 is 11.1 Å². The lowest BCUT2D eigenvalue weighted by Crippen LogP contribution is -2.13. The fourth-order valence-electron chi connectivity index (χ4n) is 2.37. The van der Waals surface area contributed by atoms with Crippen molar-refractivity contribution in [2.24, 2.45) is 5.73 Å². The minimum Gasteiger partial charge on any atom is -0.369 e. The van der Waals surface area contributed by atoms with Crippen molar-refractivity contribution in [1.82, 2.24) is 4.98 Å². The number of nitrogens with zero attached hydrogens (tertiary/aromatic N) is 1. The van der Waals surface area contributed by atoms with Crippen molar-refractivity contribution >= 4 is 39.9 Å². The van der Waals surface area contributed by atoms with Gasteiger partial charge in [-0.1, -0.05) is 71.6 Å². The first-order valence-corrected chi connectivity index (χ1v) is 9.69. The van der Waals surface area contributed by atoms with Crippen molar-refractivity contribution in [3.05, 3.63) is 65.7 Å². The SMILES string of the molecule is Cc1ccccc1C(=O)Nc1sc(SCC(N)=O)nc1-c1ccccc1. The summed E-state index contributed by atoms with van der Waals surface area (Å²) in [6, 6.07) is 17.0. The van der Waals surface area contributed by atoms with Crippen LogP contribution in [0.1, 0.15) is 15.9 Å². The number of nitrogens with one attached hydrogen (secondary N) is 1. The lowest BCUT2D eigenvalue weighted by molar-refractivity contribution is -0.115. The van der Waals surface area contributed by atoms with Gasteiger partial charge in [0.15, 0.2) is 4.34 Å². The number of hydrogen-bond acceptors (Lipinski definition) is 5. The number of carbonyl (C=O) groups is 2. The quantitative estimate of drug-likeness (QED) is 0.631. The third-order valence-electron chi connectivity index (χ3n) is 3.61. The van der Waals surface area contributed by atoms with Gasteiger partial charge in [0.1, 0.15) is 10.7 Å². The molecule has 0 saturated carbocycles. The van der Waals surface area contributed by atoms with E-state index in [0.29, 0.717) is 20.6 Å². The van der Waals surface area contributed by atoms with Crippen LogP contribution in [0, 0.1) is 6.92 Å². The third-order valence-corrected chi connectivity index (χ3v) is 5.75. The second-order valence-corrected chi connectivity index (χ2v) is 7.77. The summed E-state index contributed by atoms with van der Waals surface area (Å²) in [4.78, 5) is 28.3. The van der Waals surface area contributed by atoms with E-state index in [1.807, 2.05) is 55.5 Å². The highest BCUT2D eigenvalue weighted by atomic mass is 32.2. The maximum Gasteiger partial charge on any atom is 0.256 e. The summed E-state index contributed by atoms with van der Waals surface area (Å²) >= 11 is 2.60. The highest BCUT2D eigenvalue weighted by Gasteiger charge is 2.17. The largest absolute Gasteiger partial charge is 0.369 e. The Kier molecular flexibility index (Phi) is 5.70. The van der Waals surface area contributed by atoms with Gasteiger partial charge in [0.2, 0.25) is 5.91 Å². The van der Waals surface area contributed by atoms with E-state index in [1.165, 1.54) is 23.1 Å². The zero-order chi connectivity index (χ0) is 18.5. The van der Waals surface area contributed by atoms with E-state index in [2.05, 4.69) is 10.3 Å². The molecule has 7 heteroatoms. The van der Waals surface area contributed by atoms with E-state index < -0.39 is 5.91 Å². The van der Waals surface area contributed by atoms with Crippen molar-refractivity contribution in [3.8, 4) is 11.3 Å². The number of carbonyl (C=O) groups excluding carboxylic acids is 2. The standard InChI is InChI=1S/C19H17N3O2S2/c1-12-7-5-6-10-14(12)17(24)22-18-16(13-8-3-2-4-9-13)21-19(26-18)25-11-15(20)23/h2-10H,11H2,1H3,(H2,20,23)(H,22,24). The molecular formula is C19H17N3O2S2. The van der Waals surface area contributed by atoms with Gasteiger partial charge in [0.05, 0.1) is 5.75 Å². The number of aromatic nitrogens is 1. The molecule has 1 aromatic heterocycles. The summed E-state index contributed by atoms with van der Waals surface area (Å²) in [5, 5.41) is 3.61. The molecular weight excluding hydrogens is 366 g/mol.